The van der Waals surface area contributed by atoms with Crippen LogP contribution in [-0.2, 0) is 9.53 Å². The maximum Gasteiger partial charge on any atom is 0.406 e. The molecule has 0 aromatic carbocycles. The number of hydrogen-bond acceptors (Lipinski definition) is 6. The summed E-state index contributed by atoms with van der Waals surface area (Å²) in [7, 11) is 1.25. The molecular weight excluding hydrogens is 252 g/mol. The largest absolute Gasteiger partial charge is 0.470 e. The van der Waals surface area contributed by atoms with E-state index in [0.717, 1.165) is 12.8 Å². The summed E-state index contributed by atoms with van der Waals surface area (Å²) in [5.41, 5.74) is 0. The normalized spacial score (nSPS) is 11.7. The van der Waals surface area contributed by atoms with Crippen molar-refractivity contribution in [1.82, 2.24) is 4.98 Å². The van der Waals surface area contributed by atoms with E-state index >= 15 is 0 Å². The van der Waals surface area contributed by atoms with Crippen LogP contribution in [0, 0.1) is 10.1 Å². The van der Waals surface area contributed by atoms with Gasteiger partial charge in [0.15, 0.2) is 6.10 Å². The Labute approximate surface area is 110 Å². The molecule has 7 nitrogen and oxygen atoms in total. The number of pyridine rings is 1. The molecule has 0 radical (unpaired) electrons. The first-order valence-corrected chi connectivity index (χ1v) is 5.94. The predicted octanol–water partition coefficient (Wildman–Crippen LogP) is 2.10. The molecule has 1 aromatic rings. The second-order valence-electron chi connectivity index (χ2n) is 3.85. The zero-order valence-electron chi connectivity index (χ0n) is 10.9. The summed E-state index contributed by atoms with van der Waals surface area (Å²) in [6.07, 6.45) is 2.52. The summed E-state index contributed by atoms with van der Waals surface area (Å²) >= 11 is 0. The van der Waals surface area contributed by atoms with E-state index in [1.54, 1.807) is 0 Å². The molecule has 1 atom stereocenters. The van der Waals surface area contributed by atoms with Crippen LogP contribution in [0.25, 0.3) is 0 Å². The van der Waals surface area contributed by atoms with Crippen LogP contribution in [-0.4, -0.2) is 29.1 Å². The second kappa shape index (κ2) is 7.30. The summed E-state index contributed by atoms with van der Waals surface area (Å²) in [5.74, 6) is -0.987. The lowest BCUT2D eigenvalue weighted by Gasteiger charge is -2.16. The summed E-state index contributed by atoms with van der Waals surface area (Å²) in [6.45, 7) is 1.97. The van der Waals surface area contributed by atoms with Crippen LogP contribution < -0.4 is 4.74 Å². The highest BCUT2D eigenvalue weighted by Gasteiger charge is 2.25. The fourth-order valence-corrected chi connectivity index (χ4v) is 1.51. The molecule has 0 aliphatic rings. The van der Waals surface area contributed by atoms with E-state index < -0.39 is 22.8 Å². The summed E-state index contributed by atoms with van der Waals surface area (Å²) in [5, 5.41) is 10.8. The van der Waals surface area contributed by atoms with Crippen LogP contribution in [0.1, 0.15) is 26.2 Å². The SMILES string of the molecule is CCCCC(Oc1cccnc1[N+](=O)[O-])C(=O)OC. The maximum atomic E-state index is 11.6. The average molecular weight is 268 g/mol. The van der Waals surface area contributed by atoms with Gasteiger partial charge in [-0.25, -0.2) is 4.79 Å². The van der Waals surface area contributed by atoms with E-state index in [1.807, 2.05) is 6.92 Å². The molecule has 0 saturated heterocycles. The molecule has 0 saturated carbocycles. The van der Waals surface area contributed by atoms with Crippen LogP contribution in [0.3, 0.4) is 0 Å². The van der Waals surface area contributed by atoms with Crippen LogP contribution in [0.15, 0.2) is 18.3 Å². The van der Waals surface area contributed by atoms with Crippen LogP contribution in [0.5, 0.6) is 5.75 Å². The fraction of sp³-hybridized carbons (Fsp3) is 0.500. The third-order valence-corrected chi connectivity index (χ3v) is 2.48. The van der Waals surface area contributed by atoms with Crippen molar-refractivity contribution < 1.29 is 19.2 Å². The molecule has 0 bridgehead atoms. The van der Waals surface area contributed by atoms with Gasteiger partial charge in [-0.05, 0) is 34.9 Å². The van der Waals surface area contributed by atoms with Gasteiger partial charge in [0.1, 0.15) is 6.20 Å². The van der Waals surface area contributed by atoms with Gasteiger partial charge >= 0.3 is 11.8 Å². The first kappa shape index (κ1) is 14.9. The van der Waals surface area contributed by atoms with Crippen LogP contribution in [0.4, 0.5) is 5.82 Å². The Morgan fingerprint density at radius 1 is 1.58 bits per heavy atom. The molecule has 7 heteroatoms. The Kier molecular flexibility index (Phi) is 5.72. The van der Waals surface area contributed by atoms with Crippen molar-refractivity contribution in [3.05, 3.63) is 28.4 Å². The molecule has 1 unspecified atom stereocenters. The molecular formula is C12H16N2O5. The topological polar surface area (TPSA) is 91.6 Å². The van der Waals surface area contributed by atoms with Gasteiger partial charge in [0.25, 0.3) is 0 Å². The number of esters is 1. The number of nitro groups is 1. The zero-order valence-corrected chi connectivity index (χ0v) is 10.9. The van der Waals surface area contributed by atoms with Crippen LogP contribution in [0.2, 0.25) is 0 Å². The molecule has 0 amide bonds. The van der Waals surface area contributed by atoms with Gasteiger partial charge in [0.2, 0.25) is 5.75 Å². The molecule has 0 aliphatic carbocycles. The lowest BCUT2D eigenvalue weighted by atomic mass is 10.1. The Hall–Kier alpha value is -2.18. The van der Waals surface area contributed by atoms with Crippen molar-refractivity contribution in [3.63, 3.8) is 0 Å². The number of hydrogen-bond donors (Lipinski definition) is 0. The quantitative estimate of drug-likeness (QED) is 0.427. The Morgan fingerprint density at radius 2 is 2.32 bits per heavy atom. The standard InChI is InChI=1S/C12H16N2O5/c1-3-4-6-10(12(15)18-2)19-9-7-5-8-13-11(9)14(16)17/h5,7-8,10H,3-4,6H2,1-2H3. The summed E-state index contributed by atoms with van der Waals surface area (Å²) in [4.78, 5) is 25.3. The molecule has 0 aliphatic heterocycles. The zero-order chi connectivity index (χ0) is 14.3. The van der Waals surface area contributed by atoms with Gasteiger partial charge in [0.05, 0.1) is 7.11 Å². The Bertz CT molecular complexity index is 450. The minimum absolute atomic E-state index is 0.0287. The van der Waals surface area contributed by atoms with E-state index in [1.165, 1.54) is 25.4 Å². The number of rotatable bonds is 7. The minimum atomic E-state index is -0.854. The summed E-state index contributed by atoms with van der Waals surface area (Å²) < 4.78 is 10.0. The van der Waals surface area contributed by atoms with Crippen LogP contribution >= 0.6 is 0 Å². The molecule has 0 spiro atoms. The Morgan fingerprint density at radius 3 is 2.89 bits per heavy atom. The van der Waals surface area contributed by atoms with Crippen molar-refractivity contribution in [1.29, 1.82) is 0 Å². The van der Waals surface area contributed by atoms with E-state index in [9.17, 15) is 14.9 Å². The number of carbonyl (C=O) groups is 1. The lowest BCUT2D eigenvalue weighted by Crippen LogP contribution is -2.28. The van der Waals surface area contributed by atoms with Crippen molar-refractivity contribution in [2.24, 2.45) is 0 Å². The molecule has 1 heterocycles. The van der Waals surface area contributed by atoms with Gasteiger partial charge in [-0.1, -0.05) is 13.3 Å². The van der Waals surface area contributed by atoms with E-state index in [4.69, 9.17) is 4.74 Å². The number of ether oxygens (including phenoxy) is 2. The summed E-state index contributed by atoms with van der Waals surface area (Å²) in [6, 6.07) is 2.92. The smallest absolute Gasteiger partial charge is 0.406 e. The van der Waals surface area contributed by atoms with Crippen molar-refractivity contribution in [2.45, 2.75) is 32.3 Å². The Balaban J connectivity index is 2.89. The van der Waals surface area contributed by atoms with Gasteiger partial charge in [-0.3, -0.25) is 0 Å². The lowest BCUT2D eigenvalue weighted by molar-refractivity contribution is -0.390. The van der Waals surface area contributed by atoms with E-state index in [2.05, 4.69) is 9.72 Å². The van der Waals surface area contributed by atoms with Crippen molar-refractivity contribution in [2.75, 3.05) is 7.11 Å². The second-order valence-corrected chi connectivity index (χ2v) is 3.85. The predicted molar refractivity (Wildman–Crippen MR) is 66.8 cm³/mol. The number of nitrogens with zero attached hydrogens (tertiary/aromatic N) is 2. The highest BCUT2D eigenvalue weighted by Crippen LogP contribution is 2.25. The average Bonchev–Trinajstić information content (AvgIpc) is 2.42. The number of unbranched alkanes of at least 4 members (excludes halogenated alkanes) is 1. The van der Waals surface area contributed by atoms with Crippen molar-refractivity contribution in [3.8, 4) is 5.75 Å². The third-order valence-electron chi connectivity index (χ3n) is 2.48. The third kappa shape index (κ3) is 4.20. The monoisotopic (exact) mass is 268 g/mol. The first-order chi connectivity index (χ1) is 9.10. The number of carbonyl (C=O) groups excluding carboxylic acids is 1. The highest BCUT2D eigenvalue weighted by molar-refractivity contribution is 5.75. The molecule has 19 heavy (non-hydrogen) atoms. The van der Waals surface area contributed by atoms with Gasteiger partial charge in [-0.2, -0.15) is 0 Å². The first-order valence-electron chi connectivity index (χ1n) is 5.94. The number of methoxy groups -OCH3 is 1. The molecule has 104 valence electrons. The van der Waals surface area contributed by atoms with Gasteiger partial charge in [-0.15, -0.1) is 0 Å². The van der Waals surface area contributed by atoms with Gasteiger partial charge in [0, 0.05) is 0 Å². The highest BCUT2D eigenvalue weighted by atomic mass is 16.6. The molecule has 1 aromatic heterocycles. The van der Waals surface area contributed by atoms with Crippen molar-refractivity contribution >= 4 is 11.8 Å². The fourth-order valence-electron chi connectivity index (χ4n) is 1.51. The van der Waals surface area contributed by atoms with E-state index in [-0.39, 0.29) is 5.75 Å². The number of aromatic nitrogens is 1. The minimum Gasteiger partial charge on any atom is -0.470 e. The molecule has 0 N–H and O–H groups in total. The van der Waals surface area contributed by atoms with Gasteiger partial charge < -0.3 is 19.6 Å². The van der Waals surface area contributed by atoms with E-state index in [0.29, 0.717) is 6.42 Å². The molecule has 0 fully saturated rings. The molecule has 1 rings (SSSR count). The maximum absolute atomic E-state index is 11.6.